The molecule has 2 aromatic carbocycles. The number of anilines is 1. The standard InChI is InChI=1S/C15H14Cl2N2O3S2/c1-9(23-14-12(16)3-2-4-13(14)17)15(20)19-10-5-7-11(8-6-10)24(18,21)22/h2-9H,1H3,(H,19,20)(H2,18,21,22)/t9-/m1/s1. The summed E-state index contributed by atoms with van der Waals surface area (Å²) in [6, 6.07) is 10.7. The monoisotopic (exact) mass is 404 g/mol. The van der Waals surface area contributed by atoms with E-state index in [-0.39, 0.29) is 10.8 Å². The lowest BCUT2D eigenvalue weighted by Crippen LogP contribution is -2.22. The van der Waals surface area contributed by atoms with Crippen molar-refractivity contribution in [1.82, 2.24) is 0 Å². The third-order valence-electron chi connectivity index (χ3n) is 3.03. The molecular weight excluding hydrogens is 391 g/mol. The molecule has 0 fully saturated rings. The van der Waals surface area contributed by atoms with Crippen LogP contribution in [0.2, 0.25) is 10.0 Å². The van der Waals surface area contributed by atoms with Crippen molar-refractivity contribution in [2.24, 2.45) is 5.14 Å². The highest BCUT2D eigenvalue weighted by Crippen LogP contribution is 2.36. The molecule has 0 bridgehead atoms. The average molecular weight is 405 g/mol. The molecule has 0 aliphatic carbocycles. The second-order valence-electron chi connectivity index (χ2n) is 4.87. The highest BCUT2D eigenvalue weighted by Gasteiger charge is 2.18. The number of primary sulfonamides is 1. The molecule has 2 rings (SSSR count). The Morgan fingerprint density at radius 1 is 1.12 bits per heavy atom. The first-order valence-corrected chi connectivity index (χ1v) is 9.91. The summed E-state index contributed by atoms with van der Waals surface area (Å²) >= 11 is 13.4. The van der Waals surface area contributed by atoms with Crippen LogP contribution in [0.15, 0.2) is 52.3 Å². The first kappa shape index (κ1) is 19.1. The number of nitrogens with one attached hydrogen (secondary N) is 1. The Morgan fingerprint density at radius 3 is 2.17 bits per heavy atom. The lowest BCUT2D eigenvalue weighted by atomic mass is 10.3. The van der Waals surface area contributed by atoms with Crippen molar-refractivity contribution in [3.05, 3.63) is 52.5 Å². The highest BCUT2D eigenvalue weighted by atomic mass is 35.5. The Bertz CT molecular complexity index is 835. The number of hydrogen-bond acceptors (Lipinski definition) is 4. The summed E-state index contributed by atoms with van der Waals surface area (Å²) in [5, 5.41) is 8.22. The Kier molecular flexibility index (Phi) is 6.17. The zero-order chi connectivity index (χ0) is 17.9. The van der Waals surface area contributed by atoms with Crippen LogP contribution in [0.5, 0.6) is 0 Å². The molecule has 0 spiro atoms. The number of rotatable bonds is 5. The van der Waals surface area contributed by atoms with Gasteiger partial charge in [-0.15, -0.1) is 11.8 Å². The molecule has 3 N–H and O–H groups in total. The Balaban J connectivity index is 2.06. The Labute approximate surface area is 154 Å². The third-order valence-corrected chi connectivity index (χ3v) is 6.06. The summed E-state index contributed by atoms with van der Waals surface area (Å²) in [5.41, 5.74) is 0.463. The fraction of sp³-hybridized carbons (Fsp3) is 0.133. The van der Waals surface area contributed by atoms with E-state index >= 15 is 0 Å². The van der Waals surface area contributed by atoms with Crippen molar-refractivity contribution in [1.29, 1.82) is 0 Å². The molecule has 0 unspecified atom stereocenters. The normalized spacial score (nSPS) is 12.7. The minimum Gasteiger partial charge on any atom is -0.325 e. The average Bonchev–Trinajstić information content (AvgIpc) is 2.50. The minimum atomic E-state index is -3.76. The van der Waals surface area contributed by atoms with E-state index in [4.69, 9.17) is 28.3 Å². The Morgan fingerprint density at radius 2 is 1.67 bits per heavy atom. The molecule has 0 aliphatic heterocycles. The van der Waals surface area contributed by atoms with Crippen LogP contribution in [0.1, 0.15) is 6.92 Å². The van der Waals surface area contributed by atoms with Gasteiger partial charge in [0.05, 0.1) is 20.2 Å². The van der Waals surface area contributed by atoms with Crippen molar-refractivity contribution in [2.75, 3.05) is 5.32 Å². The van der Waals surface area contributed by atoms with Crippen LogP contribution in [-0.4, -0.2) is 19.6 Å². The summed E-state index contributed by atoms with van der Waals surface area (Å²) in [5.74, 6) is -0.264. The van der Waals surface area contributed by atoms with Crippen molar-refractivity contribution >= 4 is 56.6 Å². The van der Waals surface area contributed by atoms with Gasteiger partial charge in [0.2, 0.25) is 15.9 Å². The lowest BCUT2D eigenvalue weighted by molar-refractivity contribution is -0.115. The second kappa shape index (κ2) is 7.76. The van der Waals surface area contributed by atoms with Crippen LogP contribution in [-0.2, 0) is 14.8 Å². The number of thioether (sulfide) groups is 1. The van der Waals surface area contributed by atoms with E-state index < -0.39 is 15.3 Å². The summed E-state index contributed by atoms with van der Waals surface area (Å²) in [6.45, 7) is 1.72. The van der Waals surface area contributed by atoms with E-state index in [1.165, 1.54) is 36.0 Å². The SMILES string of the molecule is C[C@@H](Sc1c(Cl)cccc1Cl)C(=O)Nc1ccc(S(N)(=O)=O)cc1. The summed E-state index contributed by atoms with van der Waals surface area (Å²) in [6.07, 6.45) is 0. The van der Waals surface area contributed by atoms with Crippen LogP contribution >= 0.6 is 35.0 Å². The molecule has 1 atom stereocenters. The first-order valence-electron chi connectivity index (χ1n) is 6.73. The number of benzene rings is 2. The largest absolute Gasteiger partial charge is 0.325 e. The van der Waals surface area contributed by atoms with Crippen LogP contribution < -0.4 is 10.5 Å². The smallest absolute Gasteiger partial charge is 0.238 e. The van der Waals surface area contributed by atoms with Gasteiger partial charge in [0.1, 0.15) is 0 Å². The van der Waals surface area contributed by atoms with Crippen molar-refractivity contribution in [3.8, 4) is 0 Å². The molecule has 2 aromatic rings. The number of sulfonamides is 1. The van der Waals surface area contributed by atoms with Gasteiger partial charge in [-0.25, -0.2) is 13.6 Å². The van der Waals surface area contributed by atoms with E-state index in [1.807, 2.05) is 0 Å². The van der Waals surface area contributed by atoms with Gasteiger partial charge >= 0.3 is 0 Å². The topological polar surface area (TPSA) is 89.3 Å². The number of hydrogen-bond donors (Lipinski definition) is 2. The quantitative estimate of drug-likeness (QED) is 0.742. The van der Waals surface area contributed by atoms with Gasteiger partial charge in [0.25, 0.3) is 0 Å². The van der Waals surface area contributed by atoms with Gasteiger partial charge in [-0.2, -0.15) is 0 Å². The predicted octanol–water partition coefficient (Wildman–Crippen LogP) is 3.76. The van der Waals surface area contributed by atoms with E-state index in [0.717, 1.165) is 0 Å². The van der Waals surface area contributed by atoms with E-state index in [9.17, 15) is 13.2 Å². The summed E-state index contributed by atoms with van der Waals surface area (Å²) < 4.78 is 22.4. The molecule has 0 saturated carbocycles. The first-order chi connectivity index (χ1) is 11.2. The van der Waals surface area contributed by atoms with E-state index in [0.29, 0.717) is 20.6 Å². The van der Waals surface area contributed by atoms with Gasteiger partial charge in [-0.1, -0.05) is 29.3 Å². The lowest BCUT2D eigenvalue weighted by Gasteiger charge is -2.14. The predicted molar refractivity (Wildman–Crippen MR) is 98.2 cm³/mol. The third kappa shape index (κ3) is 4.87. The van der Waals surface area contributed by atoms with E-state index in [2.05, 4.69) is 5.32 Å². The fourth-order valence-corrected chi connectivity index (χ4v) is 3.86. The number of carbonyl (C=O) groups is 1. The summed E-state index contributed by atoms with van der Waals surface area (Å²) in [4.78, 5) is 12.9. The van der Waals surface area contributed by atoms with Crippen molar-refractivity contribution < 1.29 is 13.2 Å². The van der Waals surface area contributed by atoms with Crippen molar-refractivity contribution in [2.45, 2.75) is 22.0 Å². The molecule has 0 aromatic heterocycles. The van der Waals surface area contributed by atoms with Gasteiger partial charge in [-0.05, 0) is 43.3 Å². The fourth-order valence-electron chi connectivity index (χ4n) is 1.80. The molecule has 9 heteroatoms. The molecule has 1 amide bonds. The molecule has 24 heavy (non-hydrogen) atoms. The zero-order valence-electron chi connectivity index (χ0n) is 12.5. The van der Waals surface area contributed by atoms with Crippen molar-refractivity contribution in [3.63, 3.8) is 0 Å². The number of nitrogens with two attached hydrogens (primary N) is 1. The number of amides is 1. The zero-order valence-corrected chi connectivity index (χ0v) is 15.6. The molecule has 0 radical (unpaired) electrons. The molecule has 0 heterocycles. The Hall–Kier alpha value is -1.25. The molecular formula is C15H14Cl2N2O3S2. The van der Waals surface area contributed by atoms with Crippen LogP contribution in [0.25, 0.3) is 0 Å². The number of carbonyl (C=O) groups excluding carboxylic acids is 1. The maximum absolute atomic E-state index is 12.3. The highest BCUT2D eigenvalue weighted by molar-refractivity contribution is 8.00. The minimum absolute atomic E-state index is 0.0224. The second-order valence-corrected chi connectivity index (χ2v) is 8.60. The van der Waals surface area contributed by atoms with Gasteiger partial charge in [0, 0.05) is 10.6 Å². The van der Waals surface area contributed by atoms with Gasteiger partial charge in [-0.3, -0.25) is 4.79 Å². The molecule has 128 valence electrons. The maximum Gasteiger partial charge on any atom is 0.238 e. The molecule has 0 aliphatic rings. The maximum atomic E-state index is 12.3. The van der Waals surface area contributed by atoms with E-state index in [1.54, 1.807) is 25.1 Å². The number of halogens is 2. The molecule has 0 saturated heterocycles. The van der Waals surface area contributed by atoms with Crippen LogP contribution in [0, 0.1) is 0 Å². The van der Waals surface area contributed by atoms with Gasteiger partial charge < -0.3 is 5.32 Å². The van der Waals surface area contributed by atoms with Crippen LogP contribution in [0.4, 0.5) is 5.69 Å². The molecule has 5 nitrogen and oxygen atoms in total. The summed E-state index contributed by atoms with van der Waals surface area (Å²) in [7, 11) is -3.76. The van der Waals surface area contributed by atoms with Gasteiger partial charge in [0.15, 0.2) is 0 Å². The van der Waals surface area contributed by atoms with Crippen LogP contribution in [0.3, 0.4) is 0 Å².